The van der Waals surface area contributed by atoms with E-state index in [0.29, 0.717) is 11.5 Å². The van der Waals surface area contributed by atoms with Crippen LogP contribution in [-0.2, 0) is 9.09 Å². The number of ether oxygens (including phenoxy) is 2. The van der Waals surface area contributed by atoms with E-state index in [-0.39, 0.29) is 0 Å². The first-order valence-corrected chi connectivity index (χ1v) is 9.49. The van der Waals surface area contributed by atoms with Crippen LogP contribution in [0.15, 0.2) is 48.5 Å². The topological polar surface area (TPSA) is 65.0 Å². The number of hydrogen-bond donors (Lipinski definition) is 1. The van der Waals surface area contributed by atoms with Crippen molar-refractivity contribution < 1.29 is 23.5 Å². The molecule has 1 N–H and O–H groups in total. The summed E-state index contributed by atoms with van der Waals surface area (Å²) >= 11 is 0. The van der Waals surface area contributed by atoms with Gasteiger partial charge in [0.05, 0.1) is 14.2 Å². The van der Waals surface area contributed by atoms with E-state index in [9.17, 15) is 4.57 Å². The van der Waals surface area contributed by atoms with E-state index in [1.165, 1.54) is 12.8 Å². The van der Waals surface area contributed by atoms with Gasteiger partial charge in [0.1, 0.15) is 17.6 Å². The molecule has 0 fully saturated rings. The second-order valence-electron chi connectivity index (χ2n) is 5.31. The maximum Gasteiger partial charge on any atom is 0.317 e. The van der Waals surface area contributed by atoms with Gasteiger partial charge in [0, 0.05) is 0 Å². The van der Waals surface area contributed by atoms with Crippen molar-refractivity contribution in [2.24, 2.45) is 0 Å². The van der Waals surface area contributed by atoms with Crippen LogP contribution in [0, 0.1) is 0 Å². The van der Waals surface area contributed by atoms with Gasteiger partial charge in [0.2, 0.25) is 0 Å². The van der Waals surface area contributed by atoms with Crippen LogP contribution in [0.4, 0.5) is 0 Å². The first-order chi connectivity index (χ1) is 12.0. The highest BCUT2D eigenvalue weighted by Gasteiger charge is 2.17. The Morgan fingerprint density at radius 2 is 1.20 bits per heavy atom. The molecular formula is C19H27O5P. The summed E-state index contributed by atoms with van der Waals surface area (Å²) in [5.41, 5.74) is 1.54. The van der Waals surface area contributed by atoms with Crippen LogP contribution >= 0.6 is 8.25 Å². The third-order valence-electron chi connectivity index (χ3n) is 3.56. The average Bonchev–Trinajstić information content (AvgIpc) is 2.66. The summed E-state index contributed by atoms with van der Waals surface area (Å²) in [6.07, 6.45) is 2.03. The van der Waals surface area contributed by atoms with Crippen LogP contribution in [0.5, 0.6) is 11.5 Å². The van der Waals surface area contributed by atoms with E-state index in [4.69, 9.17) is 18.9 Å². The van der Waals surface area contributed by atoms with Crippen molar-refractivity contribution in [1.29, 1.82) is 0 Å². The molecule has 1 unspecified atom stereocenters. The van der Waals surface area contributed by atoms with Crippen LogP contribution < -0.4 is 9.47 Å². The number of unbranched alkanes of at least 4 members (excludes halogenated alkanes) is 1. The summed E-state index contributed by atoms with van der Waals surface area (Å²) < 4.78 is 26.5. The van der Waals surface area contributed by atoms with Gasteiger partial charge in [0.15, 0.2) is 0 Å². The Morgan fingerprint density at radius 3 is 1.44 bits per heavy atom. The van der Waals surface area contributed by atoms with Gasteiger partial charge in [-0.15, -0.1) is 0 Å². The predicted octanol–water partition coefficient (Wildman–Crippen LogP) is 5.00. The van der Waals surface area contributed by atoms with Crippen molar-refractivity contribution in [1.82, 2.24) is 0 Å². The van der Waals surface area contributed by atoms with E-state index in [1.54, 1.807) is 62.8 Å². The van der Waals surface area contributed by atoms with Crippen LogP contribution in [0.2, 0.25) is 0 Å². The van der Waals surface area contributed by atoms with Gasteiger partial charge in [-0.05, 0) is 35.4 Å². The Balaban J connectivity index is 0.000000705. The quantitative estimate of drug-likeness (QED) is 0.699. The molecule has 0 aliphatic rings. The van der Waals surface area contributed by atoms with Crippen molar-refractivity contribution in [3.63, 3.8) is 0 Å². The maximum atomic E-state index is 11.1. The molecule has 0 radical (unpaired) electrons. The molecule has 0 aromatic heterocycles. The first-order valence-electron chi connectivity index (χ1n) is 8.23. The number of rotatable bonds is 7. The first kappa shape index (κ1) is 21.2. The van der Waals surface area contributed by atoms with Crippen LogP contribution in [0.1, 0.15) is 43.9 Å². The maximum absolute atomic E-state index is 11.1. The van der Waals surface area contributed by atoms with Gasteiger partial charge in [-0.3, -0.25) is 9.09 Å². The molecule has 0 amide bonds. The fraction of sp³-hybridized carbons (Fsp3) is 0.368. The summed E-state index contributed by atoms with van der Waals surface area (Å²) in [6, 6.07) is 14.3. The number of methoxy groups -OCH3 is 2. The second kappa shape index (κ2) is 11.7. The second-order valence-corrected chi connectivity index (χ2v) is 6.08. The zero-order valence-corrected chi connectivity index (χ0v) is 16.2. The summed E-state index contributed by atoms with van der Waals surface area (Å²) in [5.74, 6) is 1.42. The smallest absolute Gasteiger partial charge is 0.317 e. The molecular weight excluding hydrogens is 339 g/mol. The Morgan fingerprint density at radius 1 is 0.840 bits per heavy atom. The van der Waals surface area contributed by atoms with Gasteiger partial charge in [-0.2, -0.15) is 0 Å². The molecule has 2 aromatic carbocycles. The van der Waals surface area contributed by atoms with Crippen molar-refractivity contribution in [3.05, 3.63) is 59.7 Å². The van der Waals surface area contributed by atoms with Crippen LogP contribution in [0.3, 0.4) is 0 Å². The Labute approximate surface area is 150 Å². The third kappa shape index (κ3) is 7.30. The molecule has 0 aliphatic carbocycles. The molecule has 25 heavy (non-hydrogen) atoms. The fourth-order valence-corrected chi connectivity index (χ4v) is 2.46. The molecule has 2 rings (SSSR count). The minimum atomic E-state index is -3.07. The standard InChI is InChI=1S/C15H17O5P.C4H10/c1-18-13-7-3-11(4-8-13)15(20-21(16)17)12-5-9-14(19-2)10-6-12;1-3-4-2/h3-10,15,21H,1-2H3,(H,16,17);3-4H2,1-2H3. The van der Waals surface area contributed by atoms with E-state index in [0.717, 1.165) is 11.1 Å². The molecule has 0 spiro atoms. The minimum absolute atomic E-state index is 0.613. The van der Waals surface area contributed by atoms with Crippen LogP contribution in [-0.4, -0.2) is 19.1 Å². The van der Waals surface area contributed by atoms with Gasteiger partial charge in [-0.25, -0.2) is 0 Å². The van der Waals surface area contributed by atoms with Crippen molar-refractivity contribution in [2.75, 3.05) is 14.2 Å². The minimum Gasteiger partial charge on any atom is -0.497 e. The third-order valence-corrected chi connectivity index (χ3v) is 3.99. The summed E-state index contributed by atoms with van der Waals surface area (Å²) in [5, 5.41) is 0. The van der Waals surface area contributed by atoms with Gasteiger partial charge in [-0.1, -0.05) is 51.0 Å². The zero-order chi connectivity index (χ0) is 18.7. The molecule has 0 heterocycles. The SMILES string of the molecule is CCCC.COc1ccc(C(O[PH](=O)O)c2ccc(OC)cc2)cc1. The summed E-state index contributed by atoms with van der Waals surface area (Å²) in [6.45, 7) is 4.36. The van der Waals surface area contributed by atoms with Gasteiger partial charge in [0.25, 0.3) is 0 Å². The fourth-order valence-electron chi connectivity index (χ4n) is 1.99. The highest BCUT2D eigenvalue weighted by Crippen LogP contribution is 2.35. The molecule has 0 bridgehead atoms. The lowest BCUT2D eigenvalue weighted by Gasteiger charge is -2.17. The van der Waals surface area contributed by atoms with Crippen molar-refractivity contribution in [2.45, 2.75) is 32.8 Å². The molecule has 0 saturated carbocycles. The monoisotopic (exact) mass is 366 g/mol. The van der Waals surface area contributed by atoms with E-state index >= 15 is 0 Å². The van der Waals surface area contributed by atoms with Crippen molar-refractivity contribution in [3.8, 4) is 11.5 Å². The molecule has 5 nitrogen and oxygen atoms in total. The summed E-state index contributed by atoms with van der Waals surface area (Å²) in [4.78, 5) is 9.12. The Hall–Kier alpha value is -1.81. The van der Waals surface area contributed by atoms with Gasteiger partial charge >= 0.3 is 8.25 Å². The normalized spacial score (nSPS) is 11.4. The van der Waals surface area contributed by atoms with Crippen molar-refractivity contribution >= 4 is 8.25 Å². The predicted molar refractivity (Wildman–Crippen MR) is 101 cm³/mol. The van der Waals surface area contributed by atoms with E-state index in [1.807, 2.05) is 0 Å². The molecule has 1 atom stereocenters. The highest BCUT2D eigenvalue weighted by molar-refractivity contribution is 7.32. The number of hydrogen-bond acceptors (Lipinski definition) is 4. The lowest BCUT2D eigenvalue weighted by molar-refractivity contribution is 0.226. The largest absolute Gasteiger partial charge is 0.497 e. The Bertz CT molecular complexity index is 576. The highest BCUT2D eigenvalue weighted by atomic mass is 31.1. The molecule has 0 saturated heterocycles. The number of benzene rings is 2. The lowest BCUT2D eigenvalue weighted by Crippen LogP contribution is -2.02. The zero-order valence-electron chi connectivity index (χ0n) is 15.2. The average molecular weight is 366 g/mol. The lowest BCUT2D eigenvalue weighted by atomic mass is 10.0. The summed E-state index contributed by atoms with van der Waals surface area (Å²) in [7, 11) is 0.0937. The molecule has 0 aliphatic heterocycles. The van der Waals surface area contributed by atoms with Gasteiger partial charge < -0.3 is 14.4 Å². The van der Waals surface area contributed by atoms with E-state index in [2.05, 4.69) is 13.8 Å². The van der Waals surface area contributed by atoms with Crippen LogP contribution in [0.25, 0.3) is 0 Å². The Kier molecular flexibility index (Phi) is 9.93. The molecule has 2 aromatic rings. The molecule has 6 heteroatoms. The molecule has 138 valence electrons. The van der Waals surface area contributed by atoms with E-state index < -0.39 is 14.4 Å².